The lowest BCUT2D eigenvalue weighted by molar-refractivity contribution is 0.0999. The third-order valence-corrected chi connectivity index (χ3v) is 3.63. The average molecular weight is 194 g/mol. The van der Waals surface area contributed by atoms with Gasteiger partial charge in [-0.1, -0.05) is 26.7 Å². The lowest BCUT2D eigenvalue weighted by Gasteiger charge is -2.42. The first-order valence-corrected chi connectivity index (χ1v) is 5.51. The fourth-order valence-corrected chi connectivity index (χ4v) is 2.71. The third-order valence-electron chi connectivity index (χ3n) is 3.63. The number of rotatable bonds is 3. The van der Waals surface area contributed by atoms with Crippen LogP contribution in [0.3, 0.4) is 0 Å². The summed E-state index contributed by atoms with van der Waals surface area (Å²) >= 11 is 0. The van der Waals surface area contributed by atoms with Crippen LogP contribution in [0.1, 0.15) is 46.0 Å². The van der Waals surface area contributed by atoms with Gasteiger partial charge in [0.05, 0.1) is 0 Å². The summed E-state index contributed by atoms with van der Waals surface area (Å²) in [5.74, 6) is 8.90. The molecule has 0 aromatic carbocycles. The van der Waals surface area contributed by atoms with E-state index in [2.05, 4.69) is 25.2 Å². The molecule has 14 heavy (non-hydrogen) atoms. The quantitative estimate of drug-likeness (QED) is 0.410. The highest BCUT2D eigenvalue weighted by Gasteiger charge is 2.36. The van der Waals surface area contributed by atoms with E-state index in [1.807, 2.05) is 0 Å². The molecule has 1 aliphatic rings. The van der Waals surface area contributed by atoms with Crippen LogP contribution in [0.2, 0.25) is 0 Å². The summed E-state index contributed by atoms with van der Waals surface area (Å²) in [4.78, 5) is 0. The highest BCUT2D eigenvalue weighted by Crippen LogP contribution is 2.42. The van der Waals surface area contributed by atoms with E-state index in [-0.39, 0.29) is 6.04 Å². The molecule has 1 aliphatic carbocycles. The van der Waals surface area contributed by atoms with E-state index in [1.165, 1.54) is 25.7 Å². The van der Waals surface area contributed by atoms with Crippen LogP contribution in [0, 0.1) is 23.7 Å². The SMILES string of the molecule is C#CCC(NN)C1CCCCC1(C)C. The van der Waals surface area contributed by atoms with Crippen LogP contribution in [-0.2, 0) is 0 Å². The molecule has 0 bridgehead atoms. The zero-order chi connectivity index (χ0) is 10.6. The second-order valence-corrected chi connectivity index (χ2v) is 5.02. The Kier molecular flexibility index (Phi) is 3.97. The van der Waals surface area contributed by atoms with Gasteiger partial charge in [0, 0.05) is 12.5 Å². The molecule has 2 nitrogen and oxygen atoms in total. The van der Waals surface area contributed by atoms with E-state index in [0.717, 1.165) is 6.42 Å². The van der Waals surface area contributed by atoms with Crippen molar-refractivity contribution in [3.63, 3.8) is 0 Å². The fraction of sp³-hybridized carbons (Fsp3) is 0.833. The number of terminal acetylenes is 1. The molecule has 0 amide bonds. The first kappa shape index (κ1) is 11.6. The van der Waals surface area contributed by atoms with Crippen LogP contribution < -0.4 is 11.3 Å². The molecule has 0 heterocycles. The molecule has 2 atom stereocenters. The Morgan fingerprint density at radius 2 is 2.29 bits per heavy atom. The average Bonchev–Trinajstić information content (AvgIpc) is 2.14. The summed E-state index contributed by atoms with van der Waals surface area (Å²) in [6, 6.07) is 0.287. The van der Waals surface area contributed by atoms with E-state index < -0.39 is 0 Å². The molecule has 2 heteroatoms. The smallest absolute Gasteiger partial charge is 0.0353 e. The molecule has 1 fully saturated rings. The highest BCUT2D eigenvalue weighted by molar-refractivity contribution is 4.96. The van der Waals surface area contributed by atoms with Crippen LogP contribution in [-0.4, -0.2) is 6.04 Å². The van der Waals surface area contributed by atoms with Gasteiger partial charge in [0.15, 0.2) is 0 Å². The molecule has 2 unspecified atom stereocenters. The highest BCUT2D eigenvalue weighted by atomic mass is 15.2. The Morgan fingerprint density at radius 3 is 2.79 bits per heavy atom. The zero-order valence-electron chi connectivity index (χ0n) is 9.34. The Bertz CT molecular complexity index is 215. The van der Waals surface area contributed by atoms with Crippen LogP contribution in [0.15, 0.2) is 0 Å². The Hall–Kier alpha value is -0.520. The van der Waals surface area contributed by atoms with Crippen LogP contribution in [0.5, 0.6) is 0 Å². The van der Waals surface area contributed by atoms with Crippen molar-refractivity contribution in [3.05, 3.63) is 0 Å². The number of nitrogens with two attached hydrogens (primary N) is 1. The van der Waals surface area contributed by atoms with Crippen molar-refractivity contribution in [2.24, 2.45) is 17.2 Å². The molecule has 0 saturated heterocycles. The van der Waals surface area contributed by atoms with E-state index in [1.54, 1.807) is 0 Å². The van der Waals surface area contributed by atoms with Crippen molar-refractivity contribution in [2.45, 2.75) is 52.0 Å². The van der Waals surface area contributed by atoms with Crippen molar-refractivity contribution in [2.75, 3.05) is 0 Å². The van der Waals surface area contributed by atoms with E-state index in [9.17, 15) is 0 Å². The number of hydrogen-bond donors (Lipinski definition) is 2. The maximum Gasteiger partial charge on any atom is 0.0353 e. The predicted molar refractivity (Wildman–Crippen MR) is 60.3 cm³/mol. The Balaban J connectivity index is 2.67. The molecule has 0 aromatic rings. The number of hydrogen-bond acceptors (Lipinski definition) is 2. The Morgan fingerprint density at radius 1 is 1.57 bits per heavy atom. The van der Waals surface area contributed by atoms with Crippen LogP contribution in [0.25, 0.3) is 0 Å². The van der Waals surface area contributed by atoms with Gasteiger partial charge < -0.3 is 0 Å². The molecular formula is C12H22N2. The van der Waals surface area contributed by atoms with Gasteiger partial charge in [-0.05, 0) is 24.2 Å². The predicted octanol–water partition coefficient (Wildman–Crippen LogP) is 2.06. The largest absolute Gasteiger partial charge is 0.271 e. The molecule has 1 saturated carbocycles. The maximum atomic E-state index is 5.57. The number of nitrogens with one attached hydrogen (secondary N) is 1. The van der Waals surface area contributed by atoms with E-state index in [4.69, 9.17) is 12.3 Å². The monoisotopic (exact) mass is 194 g/mol. The minimum atomic E-state index is 0.287. The molecule has 0 aliphatic heterocycles. The van der Waals surface area contributed by atoms with Crippen LogP contribution >= 0.6 is 0 Å². The minimum absolute atomic E-state index is 0.287. The van der Waals surface area contributed by atoms with Gasteiger partial charge in [-0.25, -0.2) is 0 Å². The Labute approximate surface area is 87.6 Å². The normalized spacial score (nSPS) is 28.0. The summed E-state index contributed by atoms with van der Waals surface area (Å²) in [6.07, 6.45) is 11.3. The summed E-state index contributed by atoms with van der Waals surface area (Å²) in [5, 5.41) is 0. The zero-order valence-corrected chi connectivity index (χ0v) is 9.34. The third kappa shape index (κ3) is 2.50. The second kappa shape index (κ2) is 4.82. The van der Waals surface area contributed by atoms with Crippen LogP contribution in [0.4, 0.5) is 0 Å². The second-order valence-electron chi connectivity index (χ2n) is 5.02. The maximum absolute atomic E-state index is 5.57. The van der Waals surface area contributed by atoms with Gasteiger partial charge in [-0.2, -0.15) is 0 Å². The summed E-state index contributed by atoms with van der Waals surface area (Å²) in [7, 11) is 0. The lowest BCUT2D eigenvalue weighted by Crippen LogP contribution is -2.47. The van der Waals surface area contributed by atoms with Gasteiger partial charge in [0.25, 0.3) is 0 Å². The molecule has 0 spiro atoms. The van der Waals surface area contributed by atoms with Gasteiger partial charge in [0.1, 0.15) is 0 Å². The van der Waals surface area contributed by atoms with Gasteiger partial charge in [0.2, 0.25) is 0 Å². The molecule has 1 rings (SSSR count). The number of hydrazine groups is 1. The standard InChI is InChI=1S/C12H22N2/c1-4-7-11(14-13)10-8-5-6-9-12(10,2)3/h1,10-11,14H,5-9,13H2,2-3H3. The van der Waals surface area contributed by atoms with Crippen molar-refractivity contribution in [3.8, 4) is 12.3 Å². The van der Waals surface area contributed by atoms with E-state index >= 15 is 0 Å². The van der Waals surface area contributed by atoms with E-state index in [0.29, 0.717) is 11.3 Å². The molecule has 80 valence electrons. The fourth-order valence-electron chi connectivity index (χ4n) is 2.71. The molecule has 0 radical (unpaired) electrons. The molecular weight excluding hydrogens is 172 g/mol. The summed E-state index contributed by atoms with van der Waals surface area (Å²) in [5.41, 5.74) is 3.27. The minimum Gasteiger partial charge on any atom is -0.271 e. The molecule has 3 N–H and O–H groups in total. The first-order chi connectivity index (χ1) is 6.61. The summed E-state index contributed by atoms with van der Waals surface area (Å²) in [6.45, 7) is 4.66. The van der Waals surface area contributed by atoms with Gasteiger partial charge >= 0.3 is 0 Å². The van der Waals surface area contributed by atoms with Gasteiger partial charge in [-0.15, -0.1) is 12.3 Å². The van der Waals surface area contributed by atoms with Crippen molar-refractivity contribution in [1.29, 1.82) is 0 Å². The van der Waals surface area contributed by atoms with Gasteiger partial charge in [-0.3, -0.25) is 11.3 Å². The topological polar surface area (TPSA) is 38.0 Å². The first-order valence-electron chi connectivity index (χ1n) is 5.51. The molecule has 0 aromatic heterocycles. The summed E-state index contributed by atoms with van der Waals surface area (Å²) < 4.78 is 0. The van der Waals surface area contributed by atoms with Crippen molar-refractivity contribution >= 4 is 0 Å². The van der Waals surface area contributed by atoms with Crippen molar-refractivity contribution < 1.29 is 0 Å². The lowest BCUT2D eigenvalue weighted by atomic mass is 9.65. The van der Waals surface area contributed by atoms with Crippen molar-refractivity contribution in [1.82, 2.24) is 5.43 Å².